The van der Waals surface area contributed by atoms with Crippen molar-refractivity contribution in [1.29, 1.82) is 0 Å². The fourth-order valence-corrected chi connectivity index (χ4v) is 4.79. The molecule has 0 amide bonds. The van der Waals surface area contributed by atoms with E-state index in [4.69, 9.17) is 0 Å². The van der Waals surface area contributed by atoms with Gasteiger partial charge in [-0.05, 0) is 25.2 Å². The Morgan fingerprint density at radius 1 is 1.42 bits per heavy atom. The molecule has 1 aromatic heterocycles. The molecule has 7 heteroatoms. The maximum atomic E-state index is 12.3. The van der Waals surface area contributed by atoms with Crippen LogP contribution in [0, 0.1) is 18.8 Å². The molecule has 1 N–H and O–H groups in total. The summed E-state index contributed by atoms with van der Waals surface area (Å²) in [7, 11) is -3.38. The topological polar surface area (TPSA) is 62.3 Å². The van der Waals surface area contributed by atoms with Crippen molar-refractivity contribution in [3.8, 4) is 0 Å². The number of hydrogen-bond acceptors (Lipinski definition) is 4. The Balaban J connectivity index is 1.97. The average molecular weight is 303 g/mol. The number of nitrogens with one attached hydrogen (secondary N) is 1. The zero-order valence-electron chi connectivity index (χ0n) is 11.6. The summed E-state index contributed by atoms with van der Waals surface area (Å²) in [5, 5.41) is 0.953. The molecule has 1 fully saturated rings. The quantitative estimate of drug-likeness (QED) is 0.922. The molecule has 1 saturated heterocycles. The van der Waals surface area contributed by atoms with Gasteiger partial charge in [0.1, 0.15) is 0 Å². The number of piperidine rings is 1. The highest BCUT2D eigenvalue weighted by Crippen LogP contribution is 2.23. The number of aryl methyl sites for hydroxylation is 1. The number of rotatable bonds is 4. The maximum absolute atomic E-state index is 12.3. The predicted molar refractivity (Wildman–Crippen MR) is 77.1 cm³/mol. The normalized spacial score (nSPS) is 25.6. The molecule has 2 unspecified atom stereocenters. The molecule has 2 rings (SSSR count). The Bertz CT molecular complexity index is 517. The van der Waals surface area contributed by atoms with Gasteiger partial charge in [-0.25, -0.2) is 4.98 Å². The highest BCUT2D eigenvalue weighted by Gasteiger charge is 2.30. The maximum Gasteiger partial charge on any atom is 0.279 e. The van der Waals surface area contributed by atoms with Gasteiger partial charge in [-0.1, -0.05) is 13.8 Å². The van der Waals surface area contributed by atoms with E-state index in [9.17, 15) is 8.42 Å². The van der Waals surface area contributed by atoms with Crippen molar-refractivity contribution in [2.45, 2.75) is 33.7 Å². The molecule has 2 heterocycles. The average Bonchev–Trinajstić information content (AvgIpc) is 2.71. The minimum Gasteiger partial charge on any atom is -0.250 e. The number of aromatic nitrogens is 1. The van der Waals surface area contributed by atoms with Crippen LogP contribution in [0.2, 0.25) is 0 Å². The standard InChI is InChI=1S/C12H21N3O2S2/c1-9-4-10(2)8-15(7-9)19(16,17)14-6-12-5-13-11(3)18-12/h5,9-10,14H,4,6-8H2,1-3H3. The lowest BCUT2D eigenvalue weighted by molar-refractivity contribution is 0.220. The zero-order chi connectivity index (χ0) is 14.0. The van der Waals surface area contributed by atoms with E-state index >= 15 is 0 Å². The first-order valence-electron chi connectivity index (χ1n) is 6.53. The van der Waals surface area contributed by atoms with Crippen LogP contribution in [-0.4, -0.2) is 30.8 Å². The molecule has 1 aromatic rings. The minimum atomic E-state index is -3.38. The van der Waals surface area contributed by atoms with Crippen molar-refractivity contribution in [3.05, 3.63) is 16.1 Å². The molecular formula is C12H21N3O2S2. The van der Waals surface area contributed by atoms with E-state index in [0.717, 1.165) is 16.3 Å². The lowest BCUT2D eigenvalue weighted by atomic mass is 9.94. The van der Waals surface area contributed by atoms with E-state index in [1.807, 2.05) is 6.92 Å². The Morgan fingerprint density at radius 2 is 2.05 bits per heavy atom. The second-order valence-electron chi connectivity index (χ2n) is 5.43. The Hall–Kier alpha value is -0.500. The number of nitrogens with zero attached hydrogens (tertiary/aromatic N) is 2. The summed E-state index contributed by atoms with van der Waals surface area (Å²) >= 11 is 1.52. The van der Waals surface area contributed by atoms with Crippen LogP contribution in [0.25, 0.3) is 0 Å². The fraction of sp³-hybridized carbons (Fsp3) is 0.750. The van der Waals surface area contributed by atoms with E-state index in [-0.39, 0.29) is 0 Å². The number of hydrogen-bond donors (Lipinski definition) is 1. The summed E-state index contributed by atoms with van der Waals surface area (Å²) in [5.74, 6) is 0.844. The van der Waals surface area contributed by atoms with Gasteiger partial charge < -0.3 is 0 Å². The van der Waals surface area contributed by atoms with Crippen LogP contribution < -0.4 is 4.72 Å². The lowest BCUT2D eigenvalue weighted by Gasteiger charge is -2.33. The summed E-state index contributed by atoms with van der Waals surface area (Å²) in [6, 6.07) is 0. The molecule has 0 spiro atoms. The van der Waals surface area contributed by atoms with Gasteiger partial charge in [0, 0.05) is 30.7 Å². The van der Waals surface area contributed by atoms with Gasteiger partial charge in [-0.2, -0.15) is 17.4 Å². The SMILES string of the molecule is Cc1ncc(CNS(=O)(=O)N2CC(C)CC(C)C2)s1. The minimum absolute atomic E-state index is 0.326. The summed E-state index contributed by atoms with van der Waals surface area (Å²) < 4.78 is 28.7. The first-order valence-corrected chi connectivity index (χ1v) is 8.78. The van der Waals surface area contributed by atoms with Crippen LogP contribution in [-0.2, 0) is 16.8 Å². The van der Waals surface area contributed by atoms with Gasteiger partial charge in [-0.3, -0.25) is 0 Å². The van der Waals surface area contributed by atoms with Crippen LogP contribution in [0.5, 0.6) is 0 Å². The van der Waals surface area contributed by atoms with E-state index < -0.39 is 10.2 Å². The molecule has 0 aromatic carbocycles. The summed E-state index contributed by atoms with van der Waals surface area (Å²) in [6.07, 6.45) is 2.82. The van der Waals surface area contributed by atoms with Crippen molar-refractivity contribution < 1.29 is 8.42 Å². The molecule has 1 aliphatic rings. The molecule has 2 atom stereocenters. The van der Waals surface area contributed by atoms with Gasteiger partial charge in [-0.15, -0.1) is 11.3 Å². The Kier molecular flexibility index (Phi) is 4.60. The fourth-order valence-electron chi connectivity index (χ4n) is 2.54. The summed E-state index contributed by atoms with van der Waals surface area (Å²) in [6.45, 7) is 7.67. The van der Waals surface area contributed by atoms with E-state index in [1.54, 1.807) is 10.5 Å². The lowest BCUT2D eigenvalue weighted by Crippen LogP contribution is -2.47. The van der Waals surface area contributed by atoms with Crippen LogP contribution >= 0.6 is 11.3 Å². The zero-order valence-corrected chi connectivity index (χ0v) is 13.2. The number of thiazole rings is 1. The molecule has 0 aliphatic carbocycles. The van der Waals surface area contributed by atoms with E-state index in [0.29, 0.717) is 31.5 Å². The van der Waals surface area contributed by atoms with Gasteiger partial charge in [0.05, 0.1) is 5.01 Å². The highest BCUT2D eigenvalue weighted by atomic mass is 32.2. The molecule has 5 nitrogen and oxygen atoms in total. The van der Waals surface area contributed by atoms with Crippen molar-refractivity contribution >= 4 is 21.5 Å². The van der Waals surface area contributed by atoms with E-state index in [1.165, 1.54) is 11.3 Å². The monoisotopic (exact) mass is 303 g/mol. The second-order valence-corrected chi connectivity index (χ2v) is 8.51. The Morgan fingerprint density at radius 3 is 2.58 bits per heavy atom. The first-order chi connectivity index (χ1) is 8.87. The van der Waals surface area contributed by atoms with Crippen molar-refractivity contribution in [2.24, 2.45) is 11.8 Å². The first kappa shape index (κ1) is 14.9. The highest BCUT2D eigenvalue weighted by molar-refractivity contribution is 7.87. The van der Waals surface area contributed by atoms with Crippen LogP contribution in [0.3, 0.4) is 0 Å². The largest absolute Gasteiger partial charge is 0.279 e. The molecule has 1 aliphatic heterocycles. The van der Waals surface area contributed by atoms with Gasteiger partial charge in [0.15, 0.2) is 0 Å². The van der Waals surface area contributed by atoms with E-state index in [2.05, 4.69) is 23.6 Å². The molecule has 0 saturated carbocycles. The van der Waals surface area contributed by atoms with Crippen molar-refractivity contribution in [3.63, 3.8) is 0 Å². The van der Waals surface area contributed by atoms with Gasteiger partial charge >= 0.3 is 0 Å². The third kappa shape index (κ3) is 3.98. The third-order valence-electron chi connectivity index (χ3n) is 3.27. The third-order valence-corrected chi connectivity index (χ3v) is 5.67. The predicted octanol–water partition coefficient (Wildman–Crippen LogP) is 1.76. The van der Waals surface area contributed by atoms with Crippen LogP contribution in [0.4, 0.5) is 0 Å². The smallest absolute Gasteiger partial charge is 0.250 e. The molecule has 108 valence electrons. The Labute approximate surface area is 119 Å². The van der Waals surface area contributed by atoms with Crippen molar-refractivity contribution in [2.75, 3.05) is 13.1 Å². The summed E-state index contributed by atoms with van der Waals surface area (Å²) in [4.78, 5) is 5.07. The van der Waals surface area contributed by atoms with Crippen LogP contribution in [0.1, 0.15) is 30.2 Å². The molecule has 0 radical (unpaired) electrons. The van der Waals surface area contributed by atoms with Gasteiger partial charge in [0.2, 0.25) is 0 Å². The van der Waals surface area contributed by atoms with Crippen molar-refractivity contribution in [1.82, 2.24) is 14.0 Å². The van der Waals surface area contributed by atoms with Gasteiger partial charge in [0.25, 0.3) is 10.2 Å². The molecular weight excluding hydrogens is 282 g/mol. The van der Waals surface area contributed by atoms with Crippen LogP contribution in [0.15, 0.2) is 6.20 Å². The molecule has 19 heavy (non-hydrogen) atoms. The summed E-state index contributed by atoms with van der Waals surface area (Å²) in [5.41, 5.74) is 0. The second kappa shape index (κ2) is 5.87. The molecule has 0 bridgehead atoms.